The fourth-order valence-corrected chi connectivity index (χ4v) is 3.84. The Labute approximate surface area is 189 Å². The van der Waals surface area contributed by atoms with Crippen molar-refractivity contribution in [3.05, 3.63) is 54.1 Å². The Morgan fingerprint density at radius 2 is 1.50 bits per heavy atom. The Bertz CT molecular complexity index is 919. The summed E-state index contributed by atoms with van der Waals surface area (Å²) in [5, 5.41) is 7.85. The number of benzene rings is 2. The topological polar surface area (TPSA) is 90.5 Å². The molecule has 1 aliphatic rings. The lowest BCUT2D eigenvalue weighted by Crippen LogP contribution is -2.36. The van der Waals surface area contributed by atoms with Crippen LogP contribution in [0.3, 0.4) is 0 Å². The molecule has 3 rings (SSSR count). The molecule has 170 valence electrons. The summed E-state index contributed by atoms with van der Waals surface area (Å²) in [6.07, 6.45) is 6.75. The highest BCUT2D eigenvalue weighted by Gasteiger charge is 2.13. The van der Waals surface area contributed by atoms with E-state index >= 15 is 0 Å². The van der Waals surface area contributed by atoms with Gasteiger partial charge in [0.15, 0.2) is 0 Å². The average Bonchev–Trinajstić information content (AvgIpc) is 3.06. The number of nitrogens with zero attached hydrogens (tertiary/aromatic N) is 1. The summed E-state index contributed by atoms with van der Waals surface area (Å²) in [4.78, 5) is 37.8. The molecule has 3 amide bonds. The summed E-state index contributed by atoms with van der Waals surface area (Å²) in [7, 11) is 0. The van der Waals surface area contributed by atoms with E-state index in [1.165, 1.54) is 43.9 Å². The van der Waals surface area contributed by atoms with Gasteiger partial charge in [-0.1, -0.05) is 31.0 Å². The van der Waals surface area contributed by atoms with Crippen LogP contribution in [-0.2, 0) is 20.8 Å². The van der Waals surface area contributed by atoms with Crippen molar-refractivity contribution in [2.45, 2.75) is 45.4 Å². The second kappa shape index (κ2) is 11.9. The Balaban J connectivity index is 1.39. The molecule has 2 aromatic rings. The minimum absolute atomic E-state index is 0.206. The van der Waals surface area contributed by atoms with Crippen molar-refractivity contribution in [3.8, 4) is 0 Å². The molecule has 1 fully saturated rings. The predicted molar refractivity (Wildman–Crippen MR) is 128 cm³/mol. The molecule has 0 aliphatic carbocycles. The molecule has 1 heterocycles. The third-order valence-electron chi connectivity index (χ3n) is 5.48. The van der Waals surface area contributed by atoms with E-state index in [-0.39, 0.29) is 5.91 Å². The first kappa shape index (κ1) is 23.3. The van der Waals surface area contributed by atoms with E-state index in [9.17, 15) is 14.4 Å². The number of hydrogen-bond acceptors (Lipinski definition) is 4. The number of nitrogens with one attached hydrogen (secondary N) is 3. The number of anilines is 3. The molecule has 1 saturated heterocycles. The van der Waals surface area contributed by atoms with Crippen molar-refractivity contribution in [2.75, 3.05) is 35.2 Å². The van der Waals surface area contributed by atoms with Gasteiger partial charge in [0, 0.05) is 43.6 Å². The molecule has 2 aromatic carbocycles. The van der Waals surface area contributed by atoms with Crippen LogP contribution in [0.4, 0.5) is 17.1 Å². The molecule has 7 nitrogen and oxygen atoms in total. The summed E-state index contributed by atoms with van der Waals surface area (Å²) < 4.78 is 0. The van der Waals surface area contributed by atoms with Crippen LogP contribution in [-0.4, -0.2) is 37.4 Å². The second-order valence-corrected chi connectivity index (χ2v) is 8.14. The van der Waals surface area contributed by atoms with Crippen molar-refractivity contribution < 1.29 is 14.4 Å². The highest BCUT2D eigenvalue weighted by Crippen LogP contribution is 2.20. The van der Waals surface area contributed by atoms with E-state index in [4.69, 9.17) is 0 Å². The quantitative estimate of drug-likeness (QED) is 0.456. The lowest BCUT2D eigenvalue weighted by Gasteiger charge is -2.22. The first-order valence-corrected chi connectivity index (χ1v) is 11.3. The van der Waals surface area contributed by atoms with Crippen LogP contribution in [0.5, 0.6) is 0 Å². The minimum atomic E-state index is -0.730. The zero-order chi connectivity index (χ0) is 22.8. The van der Waals surface area contributed by atoms with Gasteiger partial charge in [-0.05, 0) is 61.6 Å². The predicted octanol–water partition coefficient (Wildman–Crippen LogP) is 3.71. The van der Waals surface area contributed by atoms with Gasteiger partial charge < -0.3 is 20.9 Å². The molecular formula is C25H32N4O3. The van der Waals surface area contributed by atoms with E-state index in [1.807, 2.05) is 0 Å². The smallest absolute Gasteiger partial charge is 0.313 e. The lowest BCUT2D eigenvalue weighted by atomic mass is 10.1. The zero-order valence-corrected chi connectivity index (χ0v) is 18.7. The van der Waals surface area contributed by atoms with Crippen LogP contribution in [0.25, 0.3) is 0 Å². The molecule has 7 heteroatoms. The van der Waals surface area contributed by atoms with Crippen molar-refractivity contribution in [1.82, 2.24) is 5.32 Å². The molecule has 0 bridgehead atoms. The van der Waals surface area contributed by atoms with Gasteiger partial charge in [-0.2, -0.15) is 0 Å². The highest BCUT2D eigenvalue weighted by atomic mass is 16.2. The summed E-state index contributed by atoms with van der Waals surface area (Å²) in [5.41, 5.74) is 3.50. The molecular weight excluding hydrogens is 404 g/mol. The SMILES string of the molecule is CC(=O)Nc1cccc(NC(=O)C(=O)NCCCc2ccc(N3CCCCCC3)cc2)c1. The largest absolute Gasteiger partial charge is 0.372 e. The number of amides is 3. The molecule has 0 aromatic heterocycles. The first-order valence-electron chi connectivity index (χ1n) is 11.3. The van der Waals surface area contributed by atoms with E-state index in [2.05, 4.69) is 45.1 Å². The Hall–Kier alpha value is -3.35. The van der Waals surface area contributed by atoms with Crippen molar-refractivity contribution in [1.29, 1.82) is 0 Å². The van der Waals surface area contributed by atoms with Gasteiger partial charge in [0.2, 0.25) is 5.91 Å². The molecule has 0 radical (unpaired) electrons. The maximum Gasteiger partial charge on any atom is 0.313 e. The molecule has 0 spiro atoms. The number of aryl methyl sites for hydroxylation is 1. The van der Waals surface area contributed by atoms with E-state index < -0.39 is 11.8 Å². The standard InChI is InChI=1S/C25H32N4O3/c1-19(30)27-21-9-6-10-22(18-21)28-25(32)24(31)26-15-7-8-20-11-13-23(14-12-20)29-16-4-2-3-5-17-29/h6,9-14,18H,2-5,7-8,15-17H2,1H3,(H,26,31)(H,27,30)(H,28,32). The number of hydrogen-bond donors (Lipinski definition) is 3. The normalized spacial score (nSPS) is 13.7. The second-order valence-electron chi connectivity index (χ2n) is 8.14. The Kier molecular flexibility index (Phi) is 8.66. The third-order valence-corrected chi connectivity index (χ3v) is 5.48. The number of carbonyl (C=O) groups is 3. The highest BCUT2D eigenvalue weighted by molar-refractivity contribution is 6.39. The summed E-state index contributed by atoms with van der Waals surface area (Å²) in [6, 6.07) is 15.3. The monoisotopic (exact) mass is 436 g/mol. The number of rotatable bonds is 7. The Morgan fingerprint density at radius 3 is 2.16 bits per heavy atom. The van der Waals surface area contributed by atoms with Crippen molar-refractivity contribution >= 4 is 34.8 Å². The average molecular weight is 437 g/mol. The third kappa shape index (κ3) is 7.41. The van der Waals surface area contributed by atoms with Gasteiger partial charge in [-0.3, -0.25) is 14.4 Å². The molecule has 1 aliphatic heterocycles. The lowest BCUT2D eigenvalue weighted by molar-refractivity contribution is -0.136. The van der Waals surface area contributed by atoms with Gasteiger partial charge in [-0.25, -0.2) is 0 Å². The zero-order valence-electron chi connectivity index (χ0n) is 18.7. The summed E-state index contributed by atoms with van der Waals surface area (Å²) in [5.74, 6) is -1.61. The molecule has 3 N–H and O–H groups in total. The molecule has 0 unspecified atom stereocenters. The van der Waals surface area contributed by atoms with Gasteiger partial charge in [0.05, 0.1) is 0 Å². The van der Waals surface area contributed by atoms with Gasteiger partial charge in [0.25, 0.3) is 0 Å². The maximum absolute atomic E-state index is 12.1. The van der Waals surface area contributed by atoms with Crippen LogP contribution in [0.1, 0.15) is 44.6 Å². The van der Waals surface area contributed by atoms with Crippen LogP contribution < -0.4 is 20.9 Å². The van der Waals surface area contributed by atoms with Gasteiger partial charge >= 0.3 is 11.8 Å². The molecule has 32 heavy (non-hydrogen) atoms. The number of carbonyl (C=O) groups excluding carboxylic acids is 3. The van der Waals surface area contributed by atoms with E-state index in [1.54, 1.807) is 24.3 Å². The van der Waals surface area contributed by atoms with Gasteiger partial charge in [0.1, 0.15) is 0 Å². The summed E-state index contributed by atoms with van der Waals surface area (Å²) >= 11 is 0. The molecule has 0 saturated carbocycles. The fraction of sp³-hybridized carbons (Fsp3) is 0.400. The van der Waals surface area contributed by atoms with Crippen LogP contribution >= 0.6 is 0 Å². The Morgan fingerprint density at radius 1 is 0.844 bits per heavy atom. The minimum Gasteiger partial charge on any atom is -0.372 e. The van der Waals surface area contributed by atoms with E-state index in [0.717, 1.165) is 25.9 Å². The summed E-state index contributed by atoms with van der Waals surface area (Å²) in [6.45, 7) is 4.09. The van der Waals surface area contributed by atoms with Crippen LogP contribution in [0, 0.1) is 0 Å². The first-order chi connectivity index (χ1) is 15.5. The van der Waals surface area contributed by atoms with Crippen molar-refractivity contribution in [3.63, 3.8) is 0 Å². The van der Waals surface area contributed by atoms with E-state index in [0.29, 0.717) is 17.9 Å². The van der Waals surface area contributed by atoms with Crippen molar-refractivity contribution in [2.24, 2.45) is 0 Å². The maximum atomic E-state index is 12.1. The van der Waals surface area contributed by atoms with Crippen LogP contribution in [0.15, 0.2) is 48.5 Å². The fourth-order valence-electron chi connectivity index (χ4n) is 3.84. The van der Waals surface area contributed by atoms with Crippen LogP contribution in [0.2, 0.25) is 0 Å². The molecule has 0 atom stereocenters. The van der Waals surface area contributed by atoms with Gasteiger partial charge in [-0.15, -0.1) is 0 Å².